The first-order valence-electron chi connectivity index (χ1n) is 5.92. The van der Waals surface area contributed by atoms with Gasteiger partial charge in [0.25, 0.3) is 0 Å². The molecule has 0 aromatic rings. The van der Waals surface area contributed by atoms with E-state index in [0.717, 1.165) is 32.1 Å². The summed E-state index contributed by atoms with van der Waals surface area (Å²) in [6.45, 7) is 1.91. The Morgan fingerprint density at radius 1 is 1.14 bits per heavy atom. The first-order valence-corrected chi connectivity index (χ1v) is 5.92. The maximum Gasteiger partial charge on any atom is 0.0659 e. The lowest BCUT2D eigenvalue weighted by Gasteiger charge is -2.61. The summed E-state index contributed by atoms with van der Waals surface area (Å²) in [7, 11) is 0. The zero-order valence-corrected chi connectivity index (χ0v) is 8.87. The van der Waals surface area contributed by atoms with E-state index in [2.05, 4.69) is 0 Å². The van der Waals surface area contributed by atoms with Crippen molar-refractivity contribution in [2.45, 2.75) is 57.2 Å². The molecule has 5 atom stereocenters. The van der Waals surface area contributed by atoms with Crippen molar-refractivity contribution in [1.29, 1.82) is 0 Å². The normalized spacial score (nSPS) is 57.6. The van der Waals surface area contributed by atoms with E-state index < -0.39 is 5.60 Å². The van der Waals surface area contributed by atoms with Gasteiger partial charge in [0, 0.05) is 0 Å². The Bertz CT molecular complexity index is 245. The average molecular weight is 196 g/mol. The van der Waals surface area contributed by atoms with Crippen molar-refractivity contribution < 1.29 is 10.2 Å². The van der Waals surface area contributed by atoms with Crippen molar-refractivity contribution in [3.8, 4) is 0 Å². The Labute approximate surface area is 85.3 Å². The van der Waals surface area contributed by atoms with Crippen LogP contribution in [0.1, 0.15) is 45.4 Å². The first kappa shape index (κ1) is 9.17. The minimum absolute atomic E-state index is 0.0683. The van der Waals surface area contributed by atoms with Crippen molar-refractivity contribution >= 4 is 0 Å². The van der Waals surface area contributed by atoms with Crippen LogP contribution in [0, 0.1) is 17.3 Å². The van der Waals surface area contributed by atoms with Gasteiger partial charge in [0.2, 0.25) is 0 Å². The van der Waals surface area contributed by atoms with E-state index in [1.165, 1.54) is 6.42 Å². The molecule has 0 aliphatic heterocycles. The predicted molar refractivity (Wildman–Crippen MR) is 53.7 cm³/mol. The van der Waals surface area contributed by atoms with Crippen molar-refractivity contribution in [2.24, 2.45) is 17.3 Å². The largest absolute Gasteiger partial charge is 0.393 e. The van der Waals surface area contributed by atoms with Gasteiger partial charge in [0.1, 0.15) is 0 Å². The highest BCUT2D eigenvalue weighted by Crippen LogP contribution is 2.62. The number of aliphatic hydroxyl groups is 2. The van der Waals surface area contributed by atoms with Crippen LogP contribution in [0.3, 0.4) is 0 Å². The zero-order chi connectivity index (χ0) is 9.97. The van der Waals surface area contributed by atoms with Gasteiger partial charge >= 0.3 is 0 Å². The summed E-state index contributed by atoms with van der Waals surface area (Å²) >= 11 is 0. The van der Waals surface area contributed by atoms with Gasteiger partial charge in [-0.25, -0.2) is 0 Å². The monoisotopic (exact) mass is 196 g/mol. The summed E-state index contributed by atoms with van der Waals surface area (Å²) in [6.07, 6.45) is 6.23. The fraction of sp³-hybridized carbons (Fsp3) is 1.00. The molecule has 0 amide bonds. The second-order valence-electron chi connectivity index (χ2n) is 6.22. The molecule has 0 heterocycles. The molecule has 0 aromatic heterocycles. The second kappa shape index (κ2) is 2.53. The third-order valence-electron chi connectivity index (χ3n) is 4.96. The molecule has 4 saturated carbocycles. The fourth-order valence-corrected chi connectivity index (χ4v) is 4.77. The smallest absolute Gasteiger partial charge is 0.0659 e. The van der Waals surface area contributed by atoms with E-state index in [9.17, 15) is 10.2 Å². The molecule has 2 nitrogen and oxygen atoms in total. The van der Waals surface area contributed by atoms with Gasteiger partial charge in [0.15, 0.2) is 0 Å². The Morgan fingerprint density at radius 2 is 1.71 bits per heavy atom. The van der Waals surface area contributed by atoms with Crippen LogP contribution in [-0.4, -0.2) is 21.9 Å². The fourth-order valence-electron chi connectivity index (χ4n) is 4.77. The standard InChI is InChI=1S/C12H20O2/c1-8(13)11-3-9-2-10(4-11)6-12(14,5-9)7-11/h8-10,13-14H,2-7H2,1H3/t8?,9-,10+,11?,12?. The van der Waals surface area contributed by atoms with Crippen LogP contribution in [0.5, 0.6) is 0 Å². The first-order chi connectivity index (χ1) is 6.51. The van der Waals surface area contributed by atoms with Gasteiger partial charge in [-0.3, -0.25) is 0 Å². The second-order valence-corrected chi connectivity index (χ2v) is 6.22. The maximum absolute atomic E-state index is 10.4. The van der Waals surface area contributed by atoms with Crippen molar-refractivity contribution in [1.82, 2.24) is 0 Å². The molecule has 0 radical (unpaired) electrons. The Hall–Kier alpha value is -0.0800. The highest BCUT2D eigenvalue weighted by molar-refractivity contribution is 5.09. The van der Waals surface area contributed by atoms with Crippen molar-refractivity contribution in [2.75, 3.05) is 0 Å². The lowest BCUT2D eigenvalue weighted by Crippen LogP contribution is -2.58. The number of aliphatic hydroxyl groups excluding tert-OH is 1. The third-order valence-corrected chi connectivity index (χ3v) is 4.96. The molecule has 4 aliphatic rings. The van der Waals surface area contributed by atoms with Crippen LogP contribution in [0.15, 0.2) is 0 Å². The van der Waals surface area contributed by atoms with Crippen LogP contribution in [0.25, 0.3) is 0 Å². The molecule has 2 heteroatoms. The molecule has 4 bridgehead atoms. The summed E-state index contributed by atoms with van der Waals surface area (Å²) < 4.78 is 0. The van der Waals surface area contributed by atoms with Crippen LogP contribution in [0.4, 0.5) is 0 Å². The highest BCUT2D eigenvalue weighted by atomic mass is 16.3. The molecule has 3 unspecified atom stereocenters. The summed E-state index contributed by atoms with van der Waals surface area (Å²) in [6, 6.07) is 0. The van der Waals surface area contributed by atoms with E-state index in [1.807, 2.05) is 6.92 Å². The summed E-state index contributed by atoms with van der Waals surface area (Å²) in [5.41, 5.74) is -0.347. The van der Waals surface area contributed by atoms with Crippen molar-refractivity contribution in [3.63, 3.8) is 0 Å². The molecule has 0 saturated heterocycles. The highest BCUT2D eigenvalue weighted by Gasteiger charge is 2.58. The van der Waals surface area contributed by atoms with Crippen LogP contribution in [-0.2, 0) is 0 Å². The minimum atomic E-state index is -0.416. The number of hydrogen-bond acceptors (Lipinski definition) is 2. The molecule has 2 N–H and O–H groups in total. The maximum atomic E-state index is 10.4. The van der Waals surface area contributed by atoms with Crippen molar-refractivity contribution in [3.05, 3.63) is 0 Å². The SMILES string of the molecule is CC(O)C12C[C@@H]3C[C@@H](CC(O)(C3)C1)C2. The summed E-state index contributed by atoms with van der Waals surface area (Å²) in [4.78, 5) is 0. The lowest BCUT2D eigenvalue weighted by molar-refractivity contribution is -0.192. The average Bonchev–Trinajstić information content (AvgIpc) is 1.98. The molecule has 4 rings (SSSR count). The zero-order valence-electron chi connectivity index (χ0n) is 8.87. The summed E-state index contributed by atoms with van der Waals surface area (Å²) in [5.74, 6) is 1.38. The van der Waals surface area contributed by atoms with Gasteiger partial charge < -0.3 is 10.2 Å². The predicted octanol–water partition coefficient (Wildman–Crippen LogP) is 1.70. The van der Waals surface area contributed by atoms with E-state index >= 15 is 0 Å². The molecule has 14 heavy (non-hydrogen) atoms. The molecule has 0 aromatic carbocycles. The number of hydrogen-bond donors (Lipinski definition) is 2. The van der Waals surface area contributed by atoms with E-state index in [1.54, 1.807) is 0 Å². The minimum Gasteiger partial charge on any atom is -0.393 e. The molecular weight excluding hydrogens is 176 g/mol. The Morgan fingerprint density at radius 3 is 2.14 bits per heavy atom. The number of rotatable bonds is 1. The van der Waals surface area contributed by atoms with Gasteiger partial charge in [0.05, 0.1) is 11.7 Å². The lowest BCUT2D eigenvalue weighted by atomic mass is 9.47. The quantitative estimate of drug-likeness (QED) is 0.670. The Balaban J connectivity index is 1.96. The van der Waals surface area contributed by atoms with E-state index in [4.69, 9.17) is 0 Å². The molecule has 80 valence electrons. The molecule has 0 spiro atoms. The topological polar surface area (TPSA) is 40.5 Å². The Kier molecular flexibility index (Phi) is 1.66. The van der Waals surface area contributed by atoms with Gasteiger partial charge in [-0.05, 0) is 62.7 Å². The van der Waals surface area contributed by atoms with Crippen LogP contribution >= 0.6 is 0 Å². The van der Waals surface area contributed by atoms with Gasteiger partial charge in [-0.2, -0.15) is 0 Å². The van der Waals surface area contributed by atoms with E-state index in [0.29, 0.717) is 11.8 Å². The third kappa shape index (κ3) is 1.10. The summed E-state index contributed by atoms with van der Waals surface area (Å²) in [5, 5.41) is 20.3. The van der Waals surface area contributed by atoms with E-state index in [-0.39, 0.29) is 11.5 Å². The molecule has 4 aliphatic carbocycles. The van der Waals surface area contributed by atoms with Crippen LogP contribution < -0.4 is 0 Å². The molecule has 4 fully saturated rings. The molecular formula is C12H20O2. The van der Waals surface area contributed by atoms with Crippen LogP contribution in [0.2, 0.25) is 0 Å². The van der Waals surface area contributed by atoms with Gasteiger partial charge in [-0.1, -0.05) is 0 Å². The van der Waals surface area contributed by atoms with Gasteiger partial charge in [-0.15, -0.1) is 0 Å².